The van der Waals surface area contributed by atoms with Gasteiger partial charge in [0.1, 0.15) is 0 Å². The number of thioether (sulfide) groups is 1. The molecule has 0 aromatic rings. The van der Waals surface area contributed by atoms with E-state index < -0.39 is 0 Å². The molecule has 2 amide bonds. The standard InChI is InChI=1S/C10H22N2OS/c1-5-6-7-14-8-11-9(13)12-10(2,3)4/h5-8H2,1-4H3,(H2,11,12,13). The summed E-state index contributed by atoms with van der Waals surface area (Å²) in [5.74, 6) is 1.81. The summed E-state index contributed by atoms with van der Waals surface area (Å²) >= 11 is 1.76. The molecule has 0 unspecified atom stereocenters. The zero-order valence-electron chi connectivity index (χ0n) is 9.64. The van der Waals surface area contributed by atoms with Gasteiger partial charge >= 0.3 is 6.03 Å². The third-order valence-electron chi connectivity index (χ3n) is 1.47. The Balaban J connectivity index is 3.36. The Morgan fingerprint density at radius 2 is 2.00 bits per heavy atom. The molecule has 4 heteroatoms. The number of urea groups is 1. The van der Waals surface area contributed by atoms with Gasteiger partial charge in [-0.1, -0.05) is 13.3 Å². The molecule has 0 saturated carbocycles. The summed E-state index contributed by atoms with van der Waals surface area (Å²) in [6.45, 7) is 8.07. The Bertz CT molecular complexity index is 166. The van der Waals surface area contributed by atoms with E-state index in [4.69, 9.17) is 0 Å². The summed E-state index contributed by atoms with van der Waals surface area (Å²) < 4.78 is 0. The zero-order valence-corrected chi connectivity index (χ0v) is 10.5. The molecule has 0 fully saturated rings. The fraction of sp³-hybridized carbons (Fsp3) is 0.900. The Hall–Kier alpha value is -0.380. The minimum atomic E-state index is -0.155. The molecule has 0 spiro atoms. The smallest absolute Gasteiger partial charge is 0.315 e. The highest BCUT2D eigenvalue weighted by Crippen LogP contribution is 2.02. The van der Waals surface area contributed by atoms with Crippen LogP contribution in [0.15, 0.2) is 0 Å². The van der Waals surface area contributed by atoms with Gasteiger partial charge in [-0.2, -0.15) is 0 Å². The van der Waals surface area contributed by atoms with E-state index in [9.17, 15) is 4.79 Å². The van der Waals surface area contributed by atoms with Crippen LogP contribution in [0.5, 0.6) is 0 Å². The minimum absolute atomic E-state index is 0.0819. The van der Waals surface area contributed by atoms with E-state index in [0.29, 0.717) is 5.88 Å². The number of carbonyl (C=O) groups excluding carboxylic acids is 1. The summed E-state index contributed by atoms with van der Waals surface area (Å²) in [7, 11) is 0. The summed E-state index contributed by atoms with van der Waals surface area (Å²) in [6, 6.07) is -0.0819. The summed E-state index contributed by atoms with van der Waals surface area (Å²) in [5.41, 5.74) is -0.155. The van der Waals surface area contributed by atoms with Gasteiger partial charge in [-0.3, -0.25) is 0 Å². The highest BCUT2D eigenvalue weighted by molar-refractivity contribution is 7.99. The number of unbranched alkanes of at least 4 members (excludes halogenated alkanes) is 1. The summed E-state index contributed by atoms with van der Waals surface area (Å²) in [6.07, 6.45) is 2.43. The van der Waals surface area contributed by atoms with Crippen LogP contribution < -0.4 is 10.6 Å². The van der Waals surface area contributed by atoms with Crippen molar-refractivity contribution in [1.82, 2.24) is 10.6 Å². The molecule has 2 N–H and O–H groups in total. The second-order valence-corrected chi connectivity index (χ2v) is 5.39. The van der Waals surface area contributed by atoms with Crippen molar-refractivity contribution < 1.29 is 4.79 Å². The van der Waals surface area contributed by atoms with E-state index in [1.807, 2.05) is 20.8 Å². The Kier molecular flexibility index (Phi) is 6.79. The lowest BCUT2D eigenvalue weighted by molar-refractivity contribution is 0.233. The summed E-state index contributed by atoms with van der Waals surface area (Å²) in [5, 5.41) is 5.66. The van der Waals surface area contributed by atoms with Crippen molar-refractivity contribution in [2.45, 2.75) is 46.1 Å². The van der Waals surface area contributed by atoms with Crippen LogP contribution in [0, 0.1) is 0 Å². The third kappa shape index (κ3) is 9.71. The van der Waals surface area contributed by atoms with E-state index in [1.54, 1.807) is 11.8 Å². The molecular formula is C10H22N2OS. The quantitative estimate of drug-likeness (QED) is 0.550. The van der Waals surface area contributed by atoms with E-state index in [1.165, 1.54) is 12.8 Å². The van der Waals surface area contributed by atoms with Gasteiger partial charge < -0.3 is 10.6 Å². The number of hydrogen-bond donors (Lipinski definition) is 2. The molecular weight excluding hydrogens is 196 g/mol. The van der Waals surface area contributed by atoms with Crippen LogP contribution in [0.25, 0.3) is 0 Å². The average Bonchev–Trinajstić information content (AvgIpc) is 2.00. The van der Waals surface area contributed by atoms with Crippen LogP contribution in [0.4, 0.5) is 4.79 Å². The molecule has 84 valence electrons. The van der Waals surface area contributed by atoms with Gasteiger partial charge in [0.2, 0.25) is 0 Å². The van der Waals surface area contributed by atoms with Crippen LogP contribution in [0.3, 0.4) is 0 Å². The van der Waals surface area contributed by atoms with Crippen molar-refractivity contribution in [2.24, 2.45) is 0 Å². The second kappa shape index (κ2) is 6.98. The van der Waals surface area contributed by atoms with E-state index in [0.717, 1.165) is 5.75 Å². The van der Waals surface area contributed by atoms with Gasteiger partial charge in [0.05, 0.1) is 5.88 Å². The Labute approximate surface area is 91.4 Å². The monoisotopic (exact) mass is 218 g/mol. The first kappa shape index (κ1) is 13.6. The fourth-order valence-electron chi connectivity index (χ4n) is 0.820. The first-order valence-electron chi connectivity index (χ1n) is 5.09. The predicted octanol–water partition coefficient (Wildman–Crippen LogP) is 2.57. The van der Waals surface area contributed by atoms with Gasteiger partial charge in [-0.05, 0) is 32.9 Å². The Morgan fingerprint density at radius 1 is 1.36 bits per heavy atom. The lowest BCUT2D eigenvalue weighted by atomic mass is 10.1. The van der Waals surface area contributed by atoms with Crippen molar-refractivity contribution >= 4 is 17.8 Å². The highest BCUT2D eigenvalue weighted by Gasteiger charge is 2.12. The molecule has 0 saturated heterocycles. The van der Waals surface area contributed by atoms with Crippen LogP contribution >= 0.6 is 11.8 Å². The van der Waals surface area contributed by atoms with Gasteiger partial charge in [0.25, 0.3) is 0 Å². The van der Waals surface area contributed by atoms with Gasteiger partial charge in [-0.15, -0.1) is 11.8 Å². The number of rotatable bonds is 5. The zero-order chi connectivity index (χ0) is 11.0. The molecule has 0 rings (SSSR count). The maximum Gasteiger partial charge on any atom is 0.315 e. The highest BCUT2D eigenvalue weighted by atomic mass is 32.2. The number of amides is 2. The van der Waals surface area contributed by atoms with Crippen molar-refractivity contribution in [3.63, 3.8) is 0 Å². The van der Waals surface area contributed by atoms with Crippen LogP contribution in [-0.4, -0.2) is 23.2 Å². The molecule has 0 aliphatic rings. The van der Waals surface area contributed by atoms with Crippen LogP contribution in [-0.2, 0) is 0 Å². The lowest BCUT2D eigenvalue weighted by Crippen LogP contribution is -2.46. The molecule has 0 aromatic carbocycles. The number of carbonyl (C=O) groups is 1. The molecule has 0 aromatic heterocycles. The third-order valence-corrected chi connectivity index (χ3v) is 2.39. The van der Waals surface area contributed by atoms with Gasteiger partial charge in [0, 0.05) is 5.54 Å². The van der Waals surface area contributed by atoms with Crippen LogP contribution in [0.1, 0.15) is 40.5 Å². The predicted molar refractivity (Wildman–Crippen MR) is 63.7 cm³/mol. The van der Waals surface area contributed by atoms with Crippen molar-refractivity contribution in [2.75, 3.05) is 11.6 Å². The molecule has 0 aliphatic carbocycles. The lowest BCUT2D eigenvalue weighted by Gasteiger charge is -2.20. The first-order valence-corrected chi connectivity index (χ1v) is 6.25. The minimum Gasteiger partial charge on any atom is -0.334 e. The molecule has 3 nitrogen and oxygen atoms in total. The Morgan fingerprint density at radius 3 is 2.50 bits per heavy atom. The first-order chi connectivity index (χ1) is 6.45. The van der Waals surface area contributed by atoms with Crippen LogP contribution in [0.2, 0.25) is 0 Å². The number of nitrogens with one attached hydrogen (secondary N) is 2. The average molecular weight is 218 g/mol. The maximum absolute atomic E-state index is 11.3. The van der Waals surface area contributed by atoms with E-state index in [2.05, 4.69) is 17.6 Å². The molecule has 0 atom stereocenters. The number of hydrogen-bond acceptors (Lipinski definition) is 2. The molecule has 14 heavy (non-hydrogen) atoms. The fourth-order valence-corrected chi connectivity index (χ4v) is 1.69. The van der Waals surface area contributed by atoms with Crippen molar-refractivity contribution in [1.29, 1.82) is 0 Å². The largest absolute Gasteiger partial charge is 0.334 e. The van der Waals surface area contributed by atoms with Gasteiger partial charge in [-0.25, -0.2) is 4.79 Å². The molecule has 0 radical (unpaired) electrons. The summed E-state index contributed by atoms with van der Waals surface area (Å²) in [4.78, 5) is 11.3. The molecule has 0 bridgehead atoms. The van der Waals surface area contributed by atoms with Crippen molar-refractivity contribution in [3.05, 3.63) is 0 Å². The topological polar surface area (TPSA) is 41.1 Å². The normalized spacial score (nSPS) is 11.1. The van der Waals surface area contributed by atoms with Crippen molar-refractivity contribution in [3.8, 4) is 0 Å². The van der Waals surface area contributed by atoms with Gasteiger partial charge in [0.15, 0.2) is 0 Å². The van der Waals surface area contributed by atoms with E-state index >= 15 is 0 Å². The van der Waals surface area contributed by atoms with E-state index in [-0.39, 0.29) is 11.6 Å². The SMILES string of the molecule is CCCCSCNC(=O)NC(C)(C)C. The second-order valence-electron chi connectivity index (χ2n) is 4.29. The maximum atomic E-state index is 11.3. The molecule has 0 aliphatic heterocycles. The molecule has 0 heterocycles.